The minimum Gasteiger partial charge on any atom is -0.384 e. The quantitative estimate of drug-likeness (QED) is 0.565. The zero-order valence-corrected chi connectivity index (χ0v) is 10.9. The summed E-state index contributed by atoms with van der Waals surface area (Å²) in [5.74, 6) is 0.604. The Hall–Kier alpha value is -3.03. The number of rotatable bonds is 5. The molecule has 0 fully saturated rings. The summed E-state index contributed by atoms with van der Waals surface area (Å²) in [6, 6.07) is 6.67. The fraction of sp³-hybridized carbons (Fsp3) is 0.154. The number of fused-ring (bicyclic) bond motifs is 1. The third kappa shape index (κ3) is 2.64. The first-order valence-corrected chi connectivity index (χ1v) is 6.27. The van der Waals surface area contributed by atoms with Crippen molar-refractivity contribution in [2.24, 2.45) is 0 Å². The zero-order valence-electron chi connectivity index (χ0n) is 10.9. The minimum absolute atomic E-state index is 0.00526. The van der Waals surface area contributed by atoms with Gasteiger partial charge < -0.3 is 9.84 Å². The summed E-state index contributed by atoms with van der Waals surface area (Å²) in [4.78, 5) is 18.6. The van der Waals surface area contributed by atoms with Gasteiger partial charge in [-0.25, -0.2) is 4.98 Å². The van der Waals surface area contributed by atoms with Gasteiger partial charge in [0.2, 0.25) is 6.39 Å². The lowest BCUT2D eigenvalue weighted by atomic mass is 10.1. The molecule has 0 bridgehead atoms. The van der Waals surface area contributed by atoms with E-state index in [9.17, 15) is 10.1 Å². The summed E-state index contributed by atoms with van der Waals surface area (Å²) >= 11 is 0. The topological polar surface area (TPSA) is 107 Å². The van der Waals surface area contributed by atoms with E-state index in [1.54, 1.807) is 24.4 Å². The van der Waals surface area contributed by atoms with Crippen molar-refractivity contribution in [2.45, 2.75) is 6.42 Å². The van der Waals surface area contributed by atoms with E-state index >= 15 is 0 Å². The van der Waals surface area contributed by atoms with Gasteiger partial charge in [-0.05, 0) is 6.07 Å². The average molecular weight is 285 g/mol. The van der Waals surface area contributed by atoms with Crippen LogP contribution in [0.3, 0.4) is 0 Å². The SMILES string of the molecule is O=[N+]([O-])c1cccc2c(NCCc3ncon3)ccnc12. The Bertz CT molecular complexity index is 773. The summed E-state index contributed by atoms with van der Waals surface area (Å²) in [5, 5.41) is 18.6. The maximum absolute atomic E-state index is 11.0. The van der Waals surface area contributed by atoms with Crippen LogP contribution in [-0.4, -0.2) is 26.6 Å². The number of aromatic nitrogens is 3. The van der Waals surface area contributed by atoms with Crippen LogP contribution in [0.4, 0.5) is 11.4 Å². The van der Waals surface area contributed by atoms with Gasteiger partial charge in [0, 0.05) is 36.3 Å². The number of para-hydroxylation sites is 1. The van der Waals surface area contributed by atoms with Gasteiger partial charge in [-0.15, -0.1) is 0 Å². The van der Waals surface area contributed by atoms with Crippen LogP contribution in [-0.2, 0) is 6.42 Å². The second-order valence-corrected chi connectivity index (χ2v) is 4.31. The average Bonchev–Trinajstić information content (AvgIpc) is 3.00. The predicted octanol–water partition coefficient (Wildman–Crippen LogP) is 2.18. The summed E-state index contributed by atoms with van der Waals surface area (Å²) < 4.78 is 4.66. The Kier molecular flexibility index (Phi) is 3.42. The molecular weight excluding hydrogens is 274 g/mol. The summed E-state index contributed by atoms with van der Waals surface area (Å²) in [6.45, 7) is 0.585. The molecule has 0 spiro atoms. The molecule has 1 aromatic carbocycles. The highest BCUT2D eigenvalue weighted by molar-refractivity contribution is 5.96. The van der Waals surface area contributed by atoms with Crippen LogP contribution in [0.25, 0.3) is 10.9 Å². The first-order valence-electron chi connectivity index (χ1n) is 6.27. The van der Waals surface area contributed by atoms with E-state index in [1.807, 2.05) is 0 Å². The maximum Gasteiger partial charge on any atom is 0.295 e. The van der Waals surface area contributed by atoms with Gasteiger partial charge >= 0.3 is 0 Å². The molecule has 0 unspecified atom stereocenters. The van der Waals surface area contributed by atoms with E-state index in [-0.39, 0.29) is 5.69 Å². The number of nitro benzene ring substituents is 1. The lowest BCUT2D eigenvalue weighted by molar-refractivity contribution is -0.383. The number of nitrogens with one attached hydrogen (secondary N) is 1. The van der Waals surface area contributed by atoms with E-state index in [4.69, 9.17) is 0 Å². The van der Waals surface area contributed by atoms with Gasteiger partial charge in [0.15, 0.2) is 5.82 Å². The van der Waals surface area contributed by atoms with E-state index in [0.29, 0.717) is 29.7 Å². The van der Waals surface area contributed by atoms with Crippen LogP contribution in [0.15, 0.2) is 41.4 Å². The van der Waals surface area contributed by atoms with Gasteiger partial charge in [0.25, 0.3) is 5.69 Å². The van der Waals surface area contributed by atoms with Crippen LogP contribution in [0.5, 0.6) is 0 Å². The van der Waals surface area contributed by atoms with Crippen molar-refractivity contribution < 1.29 is 9.45 Å². The van der Waals surface area contributed by atoms with Crippen LogP contribution in [0.1, 0.15) is 5.82 Å². The Morgan fingerprint density at radius 2 is 2.19 bits per heavy atom. The summed E-state index contributed by atoms with van der Waals surface area (Å²) in [6.07, 6.45) is 3.42. The highest BCUT2D eigenvalue weighted by Crippen LogP contribution is 2.28. The molecule has 0 saturated carbocycles. The maximum atomic E-state index is 11.0. The number of nitro groups is 1. The number of non-ortho nitro benzene ring substituents is 1. The highest BCUT2D eigenvalue weighted by Gasteiger charge is 2.14. The molecular formula is C13H11N5O3. The summed E-state index contributed by atoms with van der Waals surface area (Å²) in [7, 11) is 0. The van der Waals surface area contributed by atoms with Gasteiger partial charge in [0.1, 0.15) is 5.52 Å². The number of pyridine rings is 1. The standard InChI is InChI=1S/C13H11N5O3/c19-18(20)11-3-1-2-9-10(4-6-15-13(9)11)14-7-5-12-16-8-21-17-12/h1-4,6,8H,5,7H2,(H,14,15). The second-order valence-electron chi connectivity index (χ2n) is 4.31. The van der Waals surface area contributed by atoms with Crippen LogP contribution < -0.4 is 5.32 Å². The predicted molar refractivity (Wildman–Crippen MR) is 74.9 cm³/mol. The molecule has 8 heteroatoms. The molecule has 0 aliphatic carbocycles. The Labute approximate surface area is 119 Å². The van der Waals surface area contributed by atoms with Crippen molar-refractivity contribution >= 4 is 22.3 Å². The van der Waals surface area contributed by atoms with Crippen molar-refractivity contribution in [1.29, 1.82) is 0 Å². The van der Waals surface area contributed by atoms with Crippen molar-refractivity contribution in [3.8, 4) is 0 Å². The molecule has 2 aromatic heterocycles. The Morgan fingerprint density at radius 1 is 1.29 bits per heavy atom. The first-order chi connectivity index (χ1) is 10.3. The monoisotopic (exact) mass is 285 g/mol. The molecule has 0 aliphatic rings. The molecule has 0 atom stereocenters. The molecule has 0 amide bonds. The smallest absolute Gasteiger partial charge is 0.295 e. The first kappa shape index (κ1) is 13.0. The van der Waals surface area contributed by atoms with E-state index in [1.165, 1.54) is 12.5 Å². The normalized spacial score (nSPS) is 10.7. The third-order valence-electron chi connectivity index (χ3n) is 3.02. The van der Waals surface area contributed by atoms with E-state index < -0.39 is 4.92 Å². The molecule has 1 N–H and O–H groups in total. The van der Waals surface area contributed by atoms with Crippen LogP contribution in [0, 0.1) is 10.1 Å². The van der Waals surface area contributed by atoms with Crippen LogP contribution >= 0.6 is 0 Å². The second kappa shape index (κ2) is 5.53. The molecule has 2 heterocycles. The van der Waals surface area contributed by atoms with Gasteiger partial charge in [-0.2, -0.15) is 4.98 Å². The van der Waals surface area contributed by atoms with Crippen molar-refractivity contribution in [2.75, 3.05) is 11.9 Å². The molecule has 0 radical (unpaired) electrons. The highest BCUT2D eigenvalue weighted by atomic mass is 16.6. The number of anilines is 1. The Morgan fingerprint density at radius 3 is 2.95 bits per heavy atom. The van der Waals surface area contributed by atoms with Crippen molar-refractivity contribution in [3.05, 3.63) is 52.8 Å². The fourth-order valence-corrected chi connectivity index (χ4v) is 2.07. The Balaban J connectivity index is 1.85. The van der Waals surface area contributed by atoms with E-state index in [0.717, 1.165) is 5.69 Å². The minimum atomic E-state index is -0.432. The van der Waals surface area contributed by atoms with Gasteiger partial charge in [0.05, 0.1) is 4.92 Å². The number of benzene rings is 1. The lowest BCUT2D eigenvalue weighted by Gasteiger charge is -2.08. The molecule has 3 aromatic rings. The van der Waals surface area contributed by atoms with Gasteiger partial charge in [-0.3, -0.25) is 10.1 Å². The molecule has 0 aliphatic heterocycles. The van der Waals surface area contributed by atoms with Crippen LogP contribution in [0.2, 0.25) is 0 Å². The molecule has 0 saturated heterocycles. The molecule has 3 rings (SSSR count). The van der Waals surface area contributed by atoms with Crippen molar-refractivity contribution in [3.63, 3.8) is 0 Å². The number of hydrogen-bond acceptors (Lipinski definition) is 7. The lowest BCUT2D eigenvalue weighted by Crippen LogP contribution is -2.06. The zero-order chi connectivity index (χ0) is 14.7. The fourth-order valence-electron chi connectivity index (χ4n) is 2.07. The number of hydrogen-bond donors (Lipinski definition) is 1. The molecule has 21 heavy (non-hydrogen) atoms. The van der Waals surface area contributed by atoms with Crippen molar-refractivity contribution in [1.82, 2.24) is 15.1 Å². The summed E-state index contributed by atoms with van der Waals surface area (Å²) in [5.41, 5.74) is 1.15. The largest absolute Gasteiger partial charge is 0.384 e. The number of nitrogens with zero attached hydrogens (tertiary/aromatic N) is 4. The molecule has 106 valence electrons. The van der Waals surface area contributed by atoms with Gasteiger partial charge in [-0.1, -0.05) is 17.3 Å². The third-order valence-corrected chi connectivity index (χ3v) is 3.02. The van der Waals surface area contributed by atoms with E-state index in [2.05, 4.69) is 25.0 Å². The molecule has 8 nitrogen and oxygen atoms in total.